The molecule has 4 nitrogen and oxygen atoms in total. The number of hydrogen-bond donors (Lipinski definition) is 1. The maximum atomic E-state index is 12.1. The monoisotopic (exact) mass is 287 g/mol. The maximum Gasteiger partial charge on any atom is 0.411 e. The highest BCUT2D eigenvalue weighted by molar-refractivity contribution is 5.76. The highest BCUT2D eigenvalue weighted by atomic mass is 19.4. The normalized spacial score (nSPS) is 12.2. The molecule has 0 saturated heterocycles. The van der Waals surface area contributed by atoms with Gasteiger partial charge in [0.05, 0.1) is 11.0 Å². The molecule has 7 heteroatoms. The summed E-state index contributed by atoms with van der Waals surface area (Å²) in [4.78, 5) is 4.33. The largest absolute Gasteiger partial charge is 0.411 e. The molecule has 0 bridgehead atoms. The van der Waals surface area contributed by atoms with Gasteiger partial charge in [0.2, 0.25) is 0 Å². The number of aryl methyl sites for hydroxylation is 1. The fourth-order valence-electron chi connectivity index (χ4n) is 2.07. The van der Waals surface area contributed by atoms with Crippen LogP contribution in [-0.2, 0) is 24.4 Å². The van der Waals surface area contributed by atoms with Gasteiger partial charge in [-0.15, -0.1) is 0 Å². The number of nitrogens with zero attached hydrogens (tertiary/aromatic N) is 2. The van der Waals surface area contributed by atoms with Gasteiger partial charge in [0.1, 0.15) is 19.0 Å². The Bertz CT molecular complexity index is 592. The smallest absolute Gasteiger partial charge is 0.364 e. The SMILES string of the molecule is CCn1c(COCC(F)(F)F)nc2cc(CN)ccc21. The maximum absolute atomic E-state index is 12.1. The third-order valence-corrected chi connectivity index (χ3v) is 2.94. The number of ether oxygens (including phenoxy) is 1. The molecule has 1 aromatic heterocycles. The van der Waals surface area contributed by atoms with Gasteiger partial charge in [-0.3, -0.25) is 0 Å². The molecule has 20 heavy (non-hydrogen) atoms. The van der Waals surface area contributed by atoms with E-state index in [-0.39, 0.29) is 6.61 Å². The average Bonchev–Trinajstić information content (AvgIpc) is 2.73. The van der Waals surface area contributed by atoms with E-state index < -0.39 is 12.8 Å². The van der Waals surface area contributed by atoms with Crippen LogP contribution in [0.25, 0.3) is 11.0 Å². The molecule has 1 aromatic carbocycles. The van der Waals surface area contributed by atoms with E-state index in [0.717, 1.165) is 16.6 Å². The summed E-state index contributed by atoms with van der Waals surface area (Å²) in [6.07, 6.45) is -4.32. The van der Waals surface area contributed by atoms with E-state index >= 15 is 0 Å². The Kier molecular flexibility index (Phi) is 4.29. The van der Waals surface area contributed by atoms with Gasteiger partial charge < -0.3 is 15.0 Å². The van der Waals surface area contributed by atoms with E-state index in [1.165, 1.54) is 0 Å². The topological polar surface area (TPSA) is 53.1 Å². The summed E-state index contributed by atoms with van der Waals surface area (Å²) < 4.78 is 42.8. The van der Waals surface area contributed by atoms with Crippen molar-refractivity contribution >= 4 is 11.0 Å². The van der Waals surface area contributed by atoms with Crippen molar-refractivity contribution in [2.24, 2.45) is 5.73 Å². The Hall–Kier alpha value is -1.60. The second-order valence-corrected chi connectivity index (χ2v) is 4.41. The van der Waals surface area contributed by atoms with Crippen molar-refractivity contribution in [3.63, 3.8) is 0 Å². The van der Waals surface area contributed by atoms with E-state index in [1.807, 2.05) is 29.7 Å². The molecule has 0 unspecified atom stereocenters. The van der Waals surface area contributed by atoms with Crippen molar-refractivity contribution in [2.45, 2.75) is 32.8 Å². The van der Waals surface area contributed by atoms with Gasteiger partial charge in [-0.05, 0) is 24.6 Å². The molecule has 0 radical (unpaired) electrons. The van der Waals surface area contributed by atoms with Crippen molar-refractivity contribution in [1.82, 2.24) is 9.55 Å². The van der Waals surface area contributed by atoms with Crippen molar-refractivity contribution in [3.05, 3.63) is 29.6 Å². The number of halogens is 3. The Morgan fingerprint density at radius 2 is 2.10 bits per heavy atom. The van der Waals surface area contributed by atoms with Crippen LogP contribution in [0.4, 0.5) is 13.2 Å². The molecule has 0 aliphatic carbocycles. The molecular weight excluding hydrogens is 271 g/mol. The van der Waals surface area contributed by atoms with E-state index in [9.17, 15) is 13.2 Å². The molecule has 0 aliphatic heterocycles. The molecule has 2 aromatic rings. The predicted molar refractivity (Wildman–Crippen MR) is 69.0 cm³/mol. The van der Waals surface area contributed by atoms with E-state index in [1.54, 1.807) is 0 Å². The molecule has 1 heterocycles. The molecule has 2 N–H and O–H groups in total. The lowest BCUT2D eigenvalue weighted by Gasteiger charge is -2.09. The number of benzene rings is 1. The third-order valence-electron chi connectivity index (χ3n) is 2.94. The number of imidazole rings is 1. The second-order valence-electron chi connectivity index (χ2n) is 4.41. The number of alkyl halides is 3. The van der Waals surface area contributed by atoms with Crippen LogP contribution in [0.15, 0.2) is 18.2 Å². The van der Waals surface area contributed by atoms with Crippen LogP contribution in [0.2, 0.25) is 0 Å². The predicted octanol–water partition coefficient (Wildman–Crippen LogP) is 2.59. The zero-order valence-corrected chi connectivity index (χ0v) is 11.1. The second kappa shape index (κ2) is 5.80. The van der Waals surface area contributed by atoms with Crippen LogP contribution in [0.1, 0.15) is 18.3 Å². The average molecular weight is 287 g/mol. The summed E-state index contributed by atoms with van der Waals surface area (Å²) in [6.45, 7) is 1.48. The van der Waals surface area contributed by atoms with Crippen molar-refractivity contribution in [2.75, 3.05) is 6.61 Å². The number of nitrogens with two attached hydrogens (primary N) is 1. The summed E-state index contributed by atoms with van der Waals surface area (Å²) in [6, 6.07) is 5.60. The van der Waals surface area contributed by atoms with Gasteiger partial charge in [-0.25, -0.2) is 4.98 Å². The minimum Gasteiger partial charge on any atom is -0.364 e. The van der Waals surface area contributed by atoms with E-state index in [4.69, 9.17) is 5.73 Å². The van der Waals surface area contributed by atoms with Gasteiger partial charge in [-0.1, -0.05) is 6.07 Å². The van der Waals surface area contributed by atoms with Crippen LogP contribution >= 0.6 is 0 Å². The summed E-state index contributed by atoms with van der Waals surface area (Å²) >= 11 is 0. The first kappa shape index (κ1) is 14.8. The number of aromatic nitrogens is 2. The fourth-order valence-corrected chi connectivity index (χ4v) is 2.07. The van der Waals surface area contributed by atoms with Crippen LogP contribution in [0.5, 0.6) is 0 Å². The molecule has 0 aliphatic rings. The third kappa shape index (κ3) is 3.29. The van der Waals surface area contributed by atoms with Crippen LogP contribution < -0.4 is 5.73 Å². The van der Waals surface area contributed by atoms with Crippen LogP contribution in [0, 0.1) is 0 Å². The van der Waals surface area contributed by atoms with Gasteiger partial charge in [0.25, 0.3) is 0 Å². The summed E-state index contributed by atoms with van der Waals surface area (Å²) in [5.74, 6) is 0.487. The molecule has 0 atom stereocenters. The lowest BCUT2D eigenvalue weighted by atomic mass is 10.2. The summed E-state index contributed by atoms with van der Waals surface area (Å²) in [7, 11) is 0. The molecule has 110 valence electrons. The molecule has 0 fully saturated rings. The highest BCUT2D eigenvalue weighted by Gasteiger charge is 2.27. The Labute approximate surface area is 114 Å². The molecule has 0 amide bonds. The van der Waals surface area contributed by atoms with Gasteiger partial charge in [0, 0.05) is 13.1 Å². The van der Waals surface area contributed by atoms with Crippen molar-refractivity contribution in [3.8, 4) is 0 Å². The first-order valence-electron chi connectivity index (χ1n) is 6.27. The van der Waals surface area contributed by atoms with E-state index in [2.05, 4.69) is 9.72 Å². The standard InChI is InChI=1S/C13H16F3N3O/c1-2-19-11-4-3-9(6-17)5-10(11)18-12(19)7-20-8-13(14,15)16/h3-5H,2,6-8,17H2,1H3. The van der Waals surface area contributed by atoms with Crippen LogP contribution in [-0.4, -0.2) is 22.3 Å². The summed E-state index contributed by atoms with van der Waals surface area (Å²) in [5.41, 5.74) is 8.09. The van der Waals surface area contributed by atoms with Crippen molar-refractivity contribution < 1.29 is 17.9 Å². The van der Waals surface area contributed by atoms with Gasteiger partial charge >= 0.3 is 6.18 Å². The summed E-state index contributed by atoms with van der Waals surface area (Å²) in [5, 5.41) is 0. The zero-order chi connectivity index (χ0) is 14.8. The molecule has 0 saturated carbocycles. The van der Waals surface area contributed by atoms with Gasteiger partial charge in [-0.2, -0.15) is 13.2 Å². The van der Waals surface area contributed by atoms with E-state index in [0.29, 0.717) is 18.9 Å². The molecular formula is C13H16F3N3O. The quantitative estimate of drug-likeness (QED) is 0.919. The number of hydrogen-bond acceptors (Lipinski definition) is 3. The highest BCUT2D eigenvalue weighted by Crippen LogP contribution is 2.20. The lowest BCUT2D eigenvalue weighted by molar-refractivity contribution is -0.177. The minimum atomic E-state index is -4.32. The van der Waals surface area contributed by atoms with Crippen molar-refractivity contribution in [1.29, 1.82) is 0 Å². The first-order valence-corrected chi connectivity index (χ1v) is 6.27. The number of rotatable bonds is 5. The molecule has 0 spiro atoms. The first-order chi connectivity index (χ1) is 9.44. The lowest BCUT2D eigenvalue weighted by Crippen LogP contribution is -2.17. The Morgan fingerprint density at radius 3 is 2.70 bits per heavy atom. The minimum absolute atomic E-state index is 0.167. The van der Waals surface area contributed by atoms with Gasteiger partial charge in [0.15, 0.2) is 0 Å². The fraction of sp³-hybridized carbons (Fsp3) is 0.462. The molecule has 2 rings (SSSR count). The Balaban J connectivity index is 2.24. The Morgan fingerprint density at radius 1 is 1.35 bits per heavy atom. The zero-order valence-electron chi connectivity index (χ0n) is 11.1. The van der Waals surface area contributed by atoms with Crippen LogP contribution in [0.3, 0.4) is 0 Å². The number of fused-ring (bicyclic) bond motifs is 1.